The van der Waals surface area contributed by atoms with Gasteiger partial charge in [-0.1, -0.05) is 13.0 Å². The first-order chi connectivity index (χ1) is 9.93. The van der Waals surface area contributed by atoms with Gasteiger partial charge in [0.25, 0.3) is 5.91 Å². The lowest BCUT2D eigenvalue weighted by Gasteiger charge is -2.35. The van der Waals surface area contributed by atoms with Crippen molar-refractivity contribution >= 4 is 11.9 Å². The fraction of sp³-hybridized carbons (Fsp3) is 0.500. The second kappa shape index (κ2) is 6.16. The third kappa shape index (κ3) is 3.17. The largest absolute Gasteiger partial charge is 0.496 e. The monoisotopic (exact) mass is 291 g/mol. The normalized spacial score (nSPS) is 22.0. The van der Waals surface area contributed by atoms with E-state index in [1.54, 1.807) is 24.1 Å². The zero-order valence-corrected chi connectivity index (χ0v) is 12.6. The van der Waals surface area contributed by atoms with Crippen LogP contribution in [0.1, 0.15) is 29.3 Å². The third-order valence-electron chi connectivity index (χ3n) is 4.16. The minimum absolute atomic E-state index is 0.0347. The molecule has 0 saturated carbocycles. The number of rotatable bonds is 3. The molecule has 0 bridgehead atoms. The van der Waals surface area contributed by atoms with Crippen molar-refractivity contribution in [1.29, 1.82) is 0 Å². The first kappa shape index (κ1) is 15.4. The molecule has 114 valence electrons. The summed E-state index contributed by atoms with van der Waals surface area (Å²) in [6.45, 7) is 4.77. The number of likely N-dealkylation sites (tertiary alicyclic amines) is 1. The molecule has 2 unspecified atom stereocenters. The van der Waals surface area contributed by atoms with Gasteiger partial charge in [-0.2, -0.15) is 0 Å². The average molecular weight is 291 g/mol. The van der Waals surface area contributed by atoms with Crippen LogP contribution in [-0.4, -0.2) is 42.1 Å². The van der Waals surface area contributed by atoms with E-state index in [2.05, 4.69) is 0 Å². The van der Waals surface area contributed by atoms with Crippen molar-refractivity contribution in [2.75, 3.05) is 20.2 Å². The van der Waals surface area contributed by atoms with Gasteiger partial charge in [0.05, 0.1) is 13.0 Å². The standard InChI is InChI=1S/C16H21NO4/c1-10-4-5-12(8-14(10)21-3)15(18)17-7-6-13(16(19)20)11(2)9-17/h4-5,8,11,13H,6-7,9H2,1-3H3,(H,19,20). The van der Waals surface area contributed by atoms with E-state index in [0.717, 1.165) is 5.56 Å². The molecule has 0 aliphatic carbocycles. The highest BCUT2D eigenvalue weighted by Crippen LogP contribution is 2.26. The summed E-state index contributed by atoms with van der Waals surface area (Å²) in [5.74, 6) is -0.543. The van der Waals surface area contributed by atoms with E-state index >= 15 is 0 Å². The van der Waals surface area contributed by atoms with Crippen molar-refractivity contribution in [2.45, 2.75) is 20.3 Å². The molecule has 2 atom stereocenters. The smallest absolute Gasteiger partial charge is 0.306 e. The zero-order valence-electron chi connectivity index (χ0n) is 12.6. The lowest BCUT2D eigenvalue weighted by molar-refractivity contribution is -0.145. The van der Waals surface area contributed by atoms with Crippen molar-refractivity contribution < 1.29 is 19.4 Å². The summed E-state index contributed by atoms with van der Waals surface area (Å²) in [7, 11) is 1.58. The molecule has 0 aromatic heterocycles. The number of carboxylic acids is 1. The van der Waals surface area contributed by atoms with Crippen LogP contribution in [0.2, 0.25) is 0 Å². The van der Waals surface area contributed by atoms with Gasteiger partial charge in [-0.25, -0.2) is 0 Å². The Kier molecular flexibility index (Phi) is 4.50. The quantitative estimate of drug-likeness (QED) is 0.927. The molecule has 5 nitrogen and oxygen atoms in total. The third-order valence-corrected chi connectivity index (χ3v) is 4.16. The SMILES string of the molecule is COc1cc(C(=O)N2CCC(C(=O)O)C(C)C2)ccc1C. The van der Waals surface area contributed by atoms with Gasteiger partial charge in [-0.05, 0) is 37.0 Å². The minimum atomic E-state index is -0.772. The second-order valence-corrected chi connectivity index (χ2v) is 5.65. The fourth-order valence-electron chi connectivity index (χ4n) is 2.83. The van der Waals surface area contributed by atoms with Gasteiger partial charge in [0.1, 0.15) is 5.75 Å². The van der Waals surface area contributed by atoms with E-state index in [4.69, 9.17) is 9.84 Å². The molecule has 21 heavy (non-hydrogen) atoms. The number of piperidine rings is 1. The summed E-state index contributed by atoms with van der Waals surface area (Å²) in [5.41, 5.74) is 1.56. The summed E-state index contributed by atoms with van der Waals surface area (Å²) in [6.07, 6.45) is 0.505. The van der Waals surface area contributed by atoms with Crippen LogP contribution in [0, 0.1) is 18.8 Å². The number of methoxy groups -OCH3 is 1. The van der Waals surface area contributed by atoms with Crippen molar-refractivity contribution in [3.05, 3.63) is 29.3 Å². The number of carbonyl (C=O) groups excluding carboxylic acids is 1. The predicted molar refractivity (Wildman–Crippen MR) is 78.5 cm³/mol. The molecule has 1 aromatic rings. The van der Waals surface area contributed by atoms with Crippen LogP contribution in [-0.2, 0) is 4.79 Å². The molecule has 1 aliphatic heterocycles. The number of aryl methyl sites for hydroxylation is 1. The molecule has 1 aromatic carbocycles. The van der Waals surface area contributed by atoms with E-state index in [1.165, 1.54) is 0 Å². The Morgan fingerprint density at radius 2 is 2.10 bits per heavy atom. The Morgan fingerprint density at radius 1 is 1.38 bits per heavy atom. The number of carbonyl (C=O) groups is 2. The van der Waals surface area contributed by atoms with Crippen LogP contribution in [0.15, 0.2) is 18.2 Å². The van der Waals surface area contributed by atoms with Gasteiger partial charge in [0, 0.05) is 18.7 Å². The van der Waals surface area contributed by atoms with Crippen molar-refractivity contribution in [3.63, 3.8) is 0 Å². The maximum absolute atomic E-state index is 12.5. The Balaban J connectivity index is 2.13. The van der Waals surface area contributed by atoms with Gasteiger partial charge in [-0.3, -0.25) is 9.59 Å². The number of nitrogens with zero attached hydrogens (tertiary/aromatic N) is 1. The summed E-state index contributed by atoms with van der Waals surface area (Å²) in [6, 6.07) is 5.39. The van der Waals surface area contributed by atoms with Gasteiger partial charge in [0.2, 0.25) is 0 Å². The van der Waals surface area contributed by atoms with Crippen LogP contribution in [0.25, 0.3) is 0 Å². The number of aliphatic carboxylic acids is 1. The highest BCUT2D eigenvalue weighted by Gasteiger charge is 2.33. The average Bonchev–Trinajstić information content (AvgIpc) is 2.46. The molecule has 1 saturated heterocycles. The Morgan fingerprint density at radius 3 is 2.67 bits per heavy atom. The van der Waals surface area contributed by atoms with Crippen LogP contribution in [0.5, 0.6) is 5.75 Å². The number of amides is 1. The Hall–Kier alpha value is -2.04. The topological polar surface area (TPSA) is 66.8 Å². The first-order valence-electron chi connectivity index (χ1n) is 7.10. The van der Waals surface area contributed by atoms with Gasteiger partial charge in [0.15, 0.2) is 0 Å². The highest BCUT2D eigenvalue weighted by molar-refractivity contribution is 5.95. The van der Waals surface area contributed by atoms with Crippen LogP contribution >= 0.6 is 0 Å². The Labute approximate surface area is 124 Å². The van der Waals surface area contributed by atoms with Gasteiger partial charge >= 0.3 is 5.97 Å². The Bertz CT molecular complexity index is 555. The lowest BCUT2D eigenvalue weighted by Crippen LogP contribution is -2.45. The fourth-order valence-corrected chi connectivity index (χ4v) is 2.83. The minimum Gasteiger partial charge on any atom is -0.496 e. The van der Waals surface area contributed by atoms with E-state index in [9.17, 15) is 9.59 Å². The molecule has 1 heterocycles. The van der Waals surface area contributed by atoms with E-state index in [-0.39, 0.29) is 17.7 Å². The summed E-state index contributed by atoms with van der Waals surface area (Å²) in [5, 5.41) is 9.13. The van der Waals surface area contributed by atoms with Crippen molar-refractivity contribution in [3.8, 4) is 5.75 Å². The molecule has 1 fully saturated rings. The molecular weight excluding hydrogens is 270 g/mol. The van der Waals surface area contributed by atoms with Gasteiger partial charge < -0.3 is 14.7 Å². The van der Waals surface area contributed by atoms with Crippen LogP contribution in [0.4, 0.5) is 0 Å². The predicted octanol–water partition coefficient (Wildman–Crippen LogP) is 2.19. The molecule has 1 N–H and O–H groups in total. The number of hydrogen-bond acceptors (Lipinski definition) is 3. The summed E-state index contributed by atoms with van der Waals surface area (Å²) >= 11 is 0. The van der Waals surface area contributed by atoms with Crippen LogP contribution in [0.3, 0.4) is 0 Å². The number of hydrogen-bond donors (Lipinski definition) is 1. The summed E-state index contributed by atoms with van der Waals surface area (Å²) in [4.78, 5) is 25.4. The molecule has 5 heteroatoms. The highest BCUT2D eigenvalue weighted by atomic mass is 16.5. The zero-order chi connectivity index (χ0) is 15.6. The first-order valence-corrected chi connectivity index (χ1v) is 7.10. The lowest BCUT2D eigenvalue weighted by atomic mass is 9.87. The molecule has 0 radical (unpaired) electrons. The molecule has 0 spiro atoms. The number of ether oxygens (including phenoxy) is 1. The second-order valence-electron chi connectivity index (χ2n) is 5.65. The van der Waals surface area contributed by atoms with Crippen LogP contribution < -0.4 is 4.74 Å². The molecule has 1 aliphatic rings. The number of benzene rings is 1. The van der Waals surface area contributed by atoms with E-state index in [0.29, 0.717) is 30.8 Å². The number of carboxylic acid groups (broad SMARTS) is 1. The molecule has 2 rings (SSSR count). The van der Waals surface area contributed by atoms with Crippen molar-refractivity contribution in [1.82, 2.24) is 4.90 Å². The van der Waals surface area contributed by atoms with Gasteiger partial charge in [-0.15, -0.1) is 0 Å². The molecular formula is C16H21NO4. The van der Waals surface area contributed by atoms with Crippen molar-refractivity contribution in [2.24, 2.45) is 11.8 Å². The molecule has 1 amide bonds. The van der Waals surface area contributed by atoms with E-state index in [1.807, 2.05) is 19.9 Å². The maximum atomic E-state index is 12.5. The summed E-state index contributed by atoms with van der Waals surface area (Å²) < 4.78 is 5.24. The maximum Gasteiger partial charge on any atom is 0.306 e. The van der Waals surface area contributed by atoms with E-state index < -0.39 is 5.97 Å².